The number of hydrogen-bond donors (Lipinski definition) is 1. The van der Waals surface area contributed by atoms with Gasteiger partial charge in [0.1, 0.15) is 0 Å². The molecule has 2 saturated carbocycles. The van der Waals surface area contributed by atoms with Gasteiger partial charge in [-0.05, 0) is 92.2 Å². The van der Waals surface area contributed by atoms with E-state index in [9.17, 15) is 14.4 Å². The van der Waals surface area contributed by atoms with Crippen LogP contribution in [0.5, 0.6) is 0 Å². The predicted molar refractivity (Wildman–Crippen MR) is 127 cm³/mol. The van der Waals surface area contributed by atoms with Crippen molar-refractivity contribution in [3.63, 3.8) is 0 Å². The lowest BCUT2D eigenvalue weighted by atomic mass is 9.56. The molecule has 1 aromatic carbocycles. The lowest BCUT2D eigenvalue weighted by Crippen LogP contribution is -2.50. The topological polar surface area (TPSA) is 72.5 Å². The van der Waals surface area contributed by atoms with Gasteiger partial charge in [0.05, 0.1) is 0 Å². The van der Waals surface area contributed by atoms with Crippen molar-refractivity contribution < 1.29 is 19.1 Å². The summed E-state index contributed by atoms with van der Waals surface area (Å²) in [7, 11) is 1.91. The van der Waals surface area contributed by atoms with Crippen LogP contribution >= 0.6 is 0 Å². The summed E-state index contributed by atoms with van der Waals surface area (Å²) in [6, 6.07) is 8.57. The quantitative estimate of drug-likeness (QED) is 0.648. The molecule has 174 valence electrons. The second-order valence-electron chi connectivity index (χ2n) is 10.2. The fourth-order valence-corrected chi connectivity index (χ4v) is 7.35. The zero-order chi connectivity index (χ0) is 23.3. The Labute approximate surface area is 195 Å². The van der Waals surface area contributed by atoms with Crippen LogP contribution in [-0.4, -0.2) is 30.2 Å². The maximum Gasteiger partial charge on any atom is 0.303 e. The average Bonchev–Trinajstić information content (AvgIpc) is 3.17. The van der Waals surface area contributed by atoms with E-state index in [1.54, 1.807) is 6.92 Å². The highest BCUT2D eigenvalue weighted by Gasteiger charge is 2.60. The van der Waals surface area contributed by atoms with E-state index in [0.717, 1.165) is 37.8 Å². The predicted octanol–water partition coefficient (Wildman–Crippen LogP) is 5.13. The van der Waals surface area contributed by atoms with Gasteiger partial charge in [-0.3, -0.25) is 14.4 Å². The summed E-state index contributed by atoms with van der Waals surface area (Å²) in [5.41, 5.74) is 5.40. The lowest BCUT2D eigenvalue weighted by molar-refractivity contribution is -0.171. The molecule has 0 radical (unpaired) electrons. The number of ketones is 2. The summed E-state index contributed by atoms with van der Waals surface area (Å²) >= 11 is 0. The van der Waals surface area contributed by atoms with Crippen LogP contribution in [0.3, 0.4) is 0 Å². The molecule has 1 aromatic rings. The molecule has 4 aliphatic carbocycles. The van der Waals surface area contributed by atoms with Crippen LogP contribution in [0.25, 0.3) is 0 Å². The molecular formula is C28H33NO4. The number of esters is 1. The van der Waals surface area contributed by atoms with Gasteiger partial charge in [0, 0.05) is 37.9 Å². The molecule has 5 heteroatoms. The summed E-state index contributed by atoms with van der Waals surface area (Å²) < 4.78 is 5.88. The van der Waals surface area contributed by atoms with Gasteiger partial charge in [0.25, 0.3) is 0 Å². The minimum atomic E-state index is -1.01. The van der Waals surface area contributed by atoms with Crippen LogP contribution in [0.1, 0.15) is 70.3 Å². The first-order valence-electron chi connectivity index (χ1n) is 12.3. The molecule has 5 atom stereocenters. The molecule has 0 amide bonds. The third-order valence-corrected chi connectivity index (χ3v) is 8.69. The first-order chi connectivity index (χ1) is 15.8. The number of anilines is 1. The second-order valence-corrected chi connectivity index (χ2v) is 10.2. The van der Waals surface area contributed by atoms with Gasteiger partial charge in [0.2, 0.25) is 0 Å². The maximum absolute atomic E-state index is 13.0. The summed E-state index contributed by atoms with van der Waals surface area (Å²) in [4.78, 5) is 37.2. The second kappa shape index (κ2) is 8.27. The monoisotopic (exact) mass is 447 g/mol. The van der Waals surface area contributed by atoms with E-state index in [-0.39, 0.29) is 29.4 Å². The molecule has 0 spiro atoms. The van der Waals surface area contributed by atoms with Crippen LogP contribution in [0.2, 0.25) is 0 Å². The Kier molecular flexibility index (Phi) is 5.54. The van der Waals surface area contributed by atoms with Crippen LogP contribution < -0.4 is 5.32 Å². The molecule has 5 rings (SSSR count). The highest BCUT2D eigenvalue weighted by atomic mass is 16.6. The van der Waals surface area contributed by atoms with Crippen molar-refractivity contribution in [1.82, 2.24) is 0 Å². The van der Waals surface area contributed by atoms with E-state index >= 15 is 0 Å². The molecule has 4 aliphatic rings. The van der Waals surface area contributed by atoms with Crippen LogP contribution in [0.15, 0.2) is 47.1 Å². The first kappa shape index (κ1) is 22.1. The van der Waals surface area contributed by atoms with Gasteiger partial charge in [-0.15, -0.1) is 0 Å². The molecule has 0 bridgehead atoms. The third-order valence-electron chi connectivity index (χ3n) is 8.69. The van der Waals surface area contributed by atoms with Crippen LogP contribution in [0, 0.1) is 17.8 Å². The van der Waals surface area contributed by atoms with Crippen molar-refractivity contribution >= 4 is 23.2 Å². The largest absolute Gasteiger partial charge is 0.451 e. The van der Waals surface area contributed by atoms with Crippen molar-refractivity contribution in [2.24, 2.45) is 17.8 Å². The molecule has 0 aliphatic heterocycles. The molecule has 0 aromatic heterocycles. The molecule has 2 fully saturated rings. The fourth-order valence-electron chi connectivity index (χ4n) is 7.35. The number of carbonyl (C=O) groups is 3. The SMILES string of the molecule is CNc1ccc([C@H]2CC3[C@@H](CC[C@]3(OC(C)=O)C(C)=O)C3CCC4=CC(=O)CCC4=C32)cc1. The molecule has 5 nitrogen and oxygen atoms in total. The van der Waals surface area contributed by atoms with Crippen LogP contribution in [-0.2, 0) is 19.1 Å². The Morgan fingerprint density at radius 2 is 1.82 bits per heavy atom. The van der Waals surface area contributed by atoms with Crippen LogP contribution in [0.4, 0.5) is 5.69 Å². The van der Waals surface area contributed by atoms with E-state index < -0.39 is 5.60 Å². The van der Waals surface area contributed by atoms with Gasteiger partial charge in [-0.2, -0.15) is 0 Å². The Hall–Kier alpha value is -2.69. The molecule has 33 heavy (non-hydrogen) atoms. The number of benzene rings is 1. The number of ether oxygens (including phenoxy) is 1. The van der Waals surface area contributed by atoms with E-state index in [1.165, 1.54) is 29.2 Å². The van der Waals surface area contributed by atoms with Gasteiger partial charge in [0.15, 0.2) is 17.2 Å². The minimum Gasteiger partial charge on any atom is -0.451 e. The van der Waals surface area contributed by atoms with Crippen molar-refractivity contribution in [3.8, 4) is 0 Å². The number of nitrogens with one attached hydrogen (secondary N) is 1. The fraction of sp³-hybridized carbons (Fsp3) is 0.536. The van der Waals surface area contributed by atoms with E-state index in [4.69, 9.17) is 4.74 Å². The standard InChI is InChI=1S/C28H33NO4/c1-16(30)28(33-17(2)31)13-12-23-24-10-6-19-14-21(32)9-11-22(19)27(24)25(15-26(23)28)18-4-7-20(29-3)8-5-18/h4-5,7-8,14,23-26,29H,6,9-13,15H2,1-3H3/t23-,24?,25+,26?,28-/m0/s1. The number of rotatable bonds is 4. The van der Waals surface area contributed by atoms with E-state index in [2.05, 4.69) is 29.6 Å². The Morgan fingerprint density at radius 3 is 2.48 bits per heavy atom. The van der Waals surface area contributed by atoms with E-state index in [0.29, 0.717) is 24.7 Å². The highest BCUT2D eigenvalue weighted by Crippen LogP contribution is 2.62. The highest BCUT2D eigenvalue weighted by molar-refractivity contribution is 5.93. The molecule has 0 heterocycles. The van der Waals surface area contributed by atoms with Crippen molar-refractivity contribution in [2.45, 2.75) is 70.3 Å². The van der Waals surface area contributed by atoms with Gasteiger partial charge >= 0.3 is 5.97 Å². The normalized spacial score (nSPS) is 32.9. The number of hydrogen-bond acceptors (Lipinski definition) is 5. The molecule has 0 saturated heterocycles. The smallest absolute Gasteiger partial charge is 0.303 e. The Morgan fingerprint density at radius 1 is 1.06 bits per heavy atom. The maximum atomic E-state index is 13.0. The molecule has 2 unspecified atom stereocenters. The summed E-state index contributed by atoms with van der Waals surface area (Å²) in [5.74, 6) is 0.745. The van der Waals surface area contributed by atoms with Gasteiger partial charge in [-0.1, -0.05) is 17.7 Å². The van der Waals surface area contributed by atoms with Gasteiger partial charge < -0.3 is 10.1 Å². The zero-order valence-electron chi connectivity index (χ0n) is 19.8. The Balaban J connectivity index is 1.64. The van der Waals surface area contributed by atoms with Gasteiger partial charge in [-0.25, -0.2) is 0 Å². The Bertz CT molecular complexity index is 1070. The number of carbonyl (C=O) groups excluding carboxylic acids is 3. The lowest BCUT2D eigenvalue weighted by Gasteiger charge is -2.49. The summed E-state index contributed by atoms with van der Waals surface area (Å²) in [5, 5.41) is 3.19. The first-order valence-corrected chi connectivity index (χ1v) is 12.3. The van der Waals surface area contributed by atoms with Crippen molar-refractivity contribution in [3.05, 3.63) is 52.6 Å². The summed E-state index contributed by atoms with van der Waals surface area (Å²) in [6.45, 7) is 3.00. The molecular weight excluding hydrogens is 414 g/mol. The minimum absolute atomic E-state index is 0.0229. The number of fused-ring (bicyclic) bond motifs is 4. The van der Waals surface area contributed by atoms with E-state index in [1.807, 2.05) is 13.1 Å². The molecule has 1 N–H and O–H groups in total. The summed E-state index contributed by atoms with van der Waals surface area (Å²) in [6.07, 6.45) is 7.52. The zero-order valence-corrected chi connectivity index (χ0v) is 19.8. The number of Topliss-reactive ketones (excluding diaryl/α,β-unsaturated/α-hetero) is 1. The average molecular weight is 448 g/mol. The third kappa shape index (κ3) is 3.56. The van der Waals surface area contributed by atoms with Crippen molar-refractivity contribution in [2.75, 3.05) is 12.4 Å². The van der Waals surface area contributed by atoms with Crippen molar-refractivity contribution in [1.29, 1.82) is 0 Å². The number of allylic oxidation sites excluding steroid dienone is 4.